The highest BCUT2D eigenvalue weighted by molar-refractivity contribution is 6.31. The maximum Gasteiger partial charge on any atom is 0.128 e. The Morgan fingerprint density at radius 2 is 2.11 bits per heavy atom. The normalized spacial score (nSPS) is 12.4. The lowest BCUT2D eigenvalue weighted by molar-refractivity contribution is 0.604. The molecule has 1 heterocycles. The van der Waals surface area contributed by atoms with E-state index in [9.17, 15) is 4.39 Å². The predicted octanol–water partition coefficient (Wildman–Crippen LogP) is 4.71. The predicted molar refractivity (Wildman–Crippen MR) is 72.7 cm³/mol. The molecule has 1 aromatic heterocycles. The van der Waals surface area contributed by atoms with Gasteiger partial charge in [0.15, 0.2) is 0 Å². The van der Waals surface area contributed by atoms with Crippen molar-refractivity contribution in [1.29, 1.82) is 0 Å². The van der Waals surface area contributed by atoms with Gasteiger partial charge in [-0.15, -0.1) is 11.6 Å². The summed E-state index contributed by atoms with van der Waals surface area (Å²) < 4.78 is 13.8. The topological polar surface area (TPSA) is 12.9 Å². The van der Waals surface area contributed by atoms with Gasteiger partial charge in [-0.1, -0.05) is 23.7 Å². The van der Waals surface area contributed by atoms with Gasteiger partial charge in [0.05, 0.1) is 10.4 Å². The highest BCUT2D eigenvalue weighted by atomic mass is 35.5. The Balaban J connectivity index is 2.22. The molecule has 0 saturated carbocycles. The molecule has 2 rings (SSSR count). The van der Waals surface area contributed by atoms with Gasteiger partial charge in [0, 0.05) is 18.0 Å². The Labute approximate surface area is 116 Å². The standard InChI is InChI=1S/C14H12Cl2FN/c1-9-2-3-11(14(17)6-9)12(15)7-10-4-5-18-8-13(10)16/h2-6,8,12H,7H2,1H3. The van der Waals surface area contributed by atoms with Crippen molar-refractivity contribution in [2.45, 2.75) is 18.7 Å². The van der Waals surface area contributed by atoms with Crippen molar-refractivity contribution in [2.75, 3.05) is 0 Å². The van der Waals surface area contributed by atoms with Crippen LogP contribution < -0.4 is 0 Å². The number of aromatic nitrogens is 1. The fraction of sp³-hybridized carbons (Fsp3) is 0.214. The second-order valence-corrected chi connectivity index (χ2v) is 5.10. The molecule has 0 radical (unpaired) electrons. The first-order valence-electron chi connectivity index (χ1n) is 5.56. The van der Waals surface area contributed by atoms with Crippen molar-refractivity contribution in [3.05, 3.63) is 64.2 Å². The smallest absolute Gasteiger partial charge is 0.128 e. The molecule has 1 nitrogen and oxygen atoms in total. The summed E-state index contributed by atoms with van der Waals surface area (Å²) >= 11 is 12.3. The molecule has 4 heteroatoms. The summed E-state index contributed by atoms with van der Waals surface area (Å²) in [6.07, 6.45) is 3.69. The maximum absolute atomic E-state index is 13.8. The van der Waals surface area contributed by atoms with Crippen LogP contribution in [-0.2, 0) is 6.42 Å². The first-order valence-corrected chi connectivity index (χ1v) is 6.38. The molecule has 94 valence electrons. The first kappa shape index (κ1) is 13.3. The SMILES string of the molecule is Cc1ccc(C(Cl)Cc2ccncc2Cl)c(F)c1. The number of hydrogen-bond donors (Lipinski definition) is 0. The average molecular weight is 284 g/mol. The van der Waals surface area contributed by atoms with E-state index in [2.05, 4.69) is 4.98 Å². The highest BCUT2D eigenvalue weighted by Gasteiger charge is 2.15. The summed E-state index contributed by atoms with van der Waals surface area (Å²) in [5.41, 5.74) is 2.24. The van der Waals surface area contributed by atoms with Gasteiger partial charge in [0.2, 0.25) is 0 Å². The molecule has 0 fully saturated rings. The zero-order valence-corrected chi connectivity index (χ0v) is 11.3. The van der Waals surface area contributed by atoms with Crippen LogP contribution in [0.3, 0.4) is 0 Å². The van der Waals surface area contributed by atoms with E-state index in [1.165, 1.54) is 6.07 Å². The summed E-state index contributed by atoms with van der Waals surface area (Å²) in [6.45, 7) is 1.84. The largest absolute Gasteiger partial charge is 0.263 e. The molecule has 0 bridgehead atoms. The molecule has 0 spiro atoms. The first-order chi connectivity index (χ1) is 8.58. The van der Waals surface area contributed by atoms with Gasteiger partial charge in [-0.25, -0.2) is 4.39 Å². The van der Waals surface area contributed by atoms with E-state index in [4.69, 9.17) is 23.2 Å². The molecule has 0 amide bonds. The van der Waals surface area contributed by atoms with Crippen molar-refractivity contribution in [3.63, 3.8) is 0 Å². The van der Waals surface area contributed by atoms with Crippen molar-refractivity contribution < 1.29 is 4.39 Å². The summed E-state index contributed by atoms with van der Waals surface area (Å²) in [6, 6.07) is 6.85. The Morgan fingerprint density at radius 3 is 2.78 bits per heavy atom. The van der Waals surface area contributed by atoms with E-state index in [-0.39, 0.29) is 5.82 Å². The second kappa shape index (κ2) is 5.68. The molecule has 1 aromatic carbocycles. The molecule has 2 aromatic rings. The van der Waals surface area contributed by atoms with Crippen LogP contribution in [0.25, 0.3) is 0 Å². The van der Waals surface area contributed by atoms with Crippen LogP contribution in [-0.4, -0.2) is 4.98 Å². The monoisotopic (exact) mass is 283 g/mol. The van der Waals surface area contributed by atoms with Crippen molar-refractivity contribution in [3.8, 4) is 0 Å². The summed E-state index contributed by atoms with van der Waals surface area (Å²) in [5, 5.41) is 0.112. The zero-order valence-electron chi connectivity index (χ0n) is 9.83. The Morgan fingerprint density at radius 1 is 1.33 bits per heavy atom. The van der Waals surface area contributed by atoms with E-state index in [0.29, 0.717) is 17.0 Å². The van der Waals surface area contributed by atoms with E-state index < -0.39 is 5.38 Å². The van der Waals surface area contributed by atoms with Crippen molar-refractivity contribution in [1.82, 2.24) is 4.98 Å². The van der Waals surface area contributed by atoms with Crippen LogP contribution >= 0.6 is 23.2 Å². The van der Waals surface area contributed by atoms with Crippen LogP contribution in [0.5, 0.6) is 0 Å². The molecular formula is C14H12Cl2FN. The summed E-state index contributed by atoms with van der Waals surface area (Å²) in [7, 11) is 0. The molecule has 1 atom stereocenters. The number of hydrogen-bond acceptors (Lipinski definition) is 1. The third-order valence-electron chi connectivity index (χ3n) is 2.75. The fourth-order valence-electron chi connectivity index (χ4n) is 1.76. The summed E-state index contributed by atoms with van der Waals surface area (Å²) in [4.78, 5) is 3.90. The number of aryl methyl sites for hydroxylation is 1. The molecule has 18 heavy (non-hydrogen) atoms. The van der Waals surface area contributed by atoms with Crippen molar-refractivity contribution in [2.24, 2.45) is 0 Å². The van der Waals surface area contributed by atoms with E-state index in [1.807, 2.05) is 13.0 Å². The van der Waals surface area contributed by atoms with Crippen molar-refractivity contribution >= 4 is 23.2 Å². The highest BCUT2D eigenvalue weighted by Crippen LogP contribution is 2.29. The van der Waals surface area contributed by atoms with Gasteiger partial charge in [-0.2, -0.15) is 0 Å². The lowest BCUT2D eigenvalue weighted by Crippen LogP contribution is -2.00. The molecular weight excluding hydrogens is 272 g/mol. The van der Waals surface area contributed by atoms with E-state index >= 15 is 0 Å². The average Bonchev–Trinajstić information content (AvgIpc) is 2.32. The minimum absolute atomic E-state index is 0.278. The number of rotatable bonds is 3. The zero-order chi connectivity index (χ0) is 13.1. The van der Waals surface area contributed by atoms with Gasteiger partial charge < -0.3 is 0 Å². The number of alkyl halides is 1. The van der Waals surface area contributed by atoms with Crippen LogP contribution in [0.1, 0.15) is 22.1 Å². The molecule has 0 saturated heterocycles. The van der Waals surface area contributed by atoms with Crippen LogP contribution in [0.2, 0.25) is 5.02 Å². The van der Waals surface area contributed by atoms with Crippen LogP contribution in [0, 0.1) is 12.7 Å². The van der Waals surface area contributed by atoms with Crippen LogP contribution in [0.15, 0.2) is 36.7 Å². The van der Waals surface area contributed by atoms with Gasteiger partial charge in [-0.3, -0.25) is 4.98 Å². The molecule has 1 unspecified atom stereocenters. The van der Waals surface area contributed by atoms with E-state index in [1.54, 1.807) is 24.5 Å². The number of halogens is 3. The quantitative estimate of drug-likeness (QED) is 0.744. The maximum atomic E-state index is 13.8. The van der Waals surface area contributed by atoms with Gasteiger partial charge >= 0.3 is 0 Å². The lowest BCUT2D eigenvalue weighted by Gasteiger charge is -2.12. The van der Waals surface area contributed by atoms with Gasteiger partial charge in [-0.05, 0) is 36.6 Å². The third-order valence-corrected chi connectivity index (χ3v) is 3.48. The lowest BCUT2D eigenvalue weighted by atomic mass is 10.0. The Bertz CT molecular complexity index is 557. The second-order valence-electron chi connectivity index (χ2n) is 4.16. The Kier molecular flexibility index (Phi) is 4.20. The molecule has 0 aliphatic rings. The van der Waals surface area contributed by atoms with Gasteiger partial charge in [0.25, 0.3) is 0 Å². The number of pyridine rings is 1. The van der Waals surface area contributed by atoms with E-state index in [0.717, 1.165) is 11.1 Å². The summed E-state index contributed by atoms with van der Waals surface area (Å²) in [5.74, 6) is -0.278. The molecule has 0 N–H and O–H groups in total. The molecule has 0 aliphatic carbocycles. The van der Waals surface area contributed by atoms with Gasteiger partial charge in [0.1, 0.15) is 5.82 Å². The third kappa shape index (κ3) is 3.01. The van der Waals surface area contributed by atoms with Crippen LogP contribution in [0.4, 0.5) is 4.39 Å². The Hall–Kier alpha value is -1.12. The fourth-order valence-corrected chi connectivity index (χ4v) is 2.30. The number of benzene rings is 1. The number of nitrogens with zero attached hydrogens (tertiary/aromatic N) is 1. The molecule has 0 aliphatic heterocycles. The minimum atomic E-state index is -0.439. The minimum Gasteiger partial charge on any atom is -0.263 e.